The number of hydrogen-bond acceptors (Lipinski definition) is 1. The summed E-state index contributed by atoms with van der Waals surface area (Å²) < 4.78 is 0. The van der Waals surface area contributed by atoms with Crippen LogP contribution in [0.5, 0.6) is 0 Å². The van der Waals surface area contributed by atoms with Gasteiger partial charge in [-0.1, -0.05) is 18.2 Å². The summed E-state index contributed by atoms with van der Waals surface area (Å²) in [5.74, 6) is 0.0318. The van der Waals surface area contributed by atoms with Crippen molar-refractivity contribution in [1.29, 1.82) is 0 Å². The van der Waals surface area contributed by atoms with Crippen LogP contribution in [0.2, 0.25) is 0 Å². The van der Waals surface area contributed by atoms with Crippen molar-refractivity contribution < 1.29 is 4.79 Å². The Bertz CT molecular complexity index is 164. The van der Waals surface area contributed by atoms with Crippen LogP contribution in [0.3, 0.4) is 0 Å². The lowest BCUT2D eigenvalue weighted by Gasteiger charge is -1.79. The Morgan fingerprint density at radius 1 is 1.50 bits per heavy atom. The summed E-state index contributed by atoms with van der Waals surface area (Å²) >= 11 is 0. The van der Waals surface area contributed by atoms with Crippen LogP contribution in [0, 0.1) is 0 Å². The van der Waals surface area contributed by atoms with Crippen molar-refractivity contribution in [3.63, 3.8) is 0 Å². The van der Waals surface area contributed by atoms with Gasteiger partial charge in [0.1, 0.15) is 0 Å². The van der Waals surface area contributed by atoms with Crippen LogP contribution in [0.4, 0.5) is 0 Å². The molecule has 1 nitrogen and oxygen atoms in total. The lowest BCUT2D eigenvalue weighted by atomic mass is 10.3. The molecule has 0 amide bonds. The minimum absolute atomic E-state index is 0.0318. The van der Waals surface area contributed by atoms with Crippen LogP contribution in [0.1, 0.15) is 13.3 Å². The van der Waals surface area contributed by atoms with E-state index in [1.807, 2.05) is 6.92 Å². The van der Waals surface area contributed by atoms with E-state index in [9.17, 15) is 4.79 Å². The van der Waals surface area contributed by atoms with Gasteiger partial charge in [-0.3, -0.25) is 4.79 Å². The Hall–Kier alpha value is -1.11. The smallest absolute Gasteiger partial charge is 0.178 e. The van der Waals surface area contributed by atoms with E-state index in [0.29, 0.717) is 0 Å². The second kappa shape index (κ2) is 6.02. The van der Waals surface area contributed by atoms with E-state index in [4.69, 9.17) is 0 Å². The molecule has 0 aliphatic rings. The van der Waals surface area contributed by atoms with Gasteiger partial charge in [-0.2, -0.15) is 0 Å². The summed E-state index contributed by atoms with van der Waals surface area (Å²) in [6, 6.07) is 0. The van der Waals surface area contributed by atoms with E-state index in [2.05, 4.69) is 6.58 Å². The van der Waals surface area contributed by atoms with Gasteiger partial charge < -0.3 is 0 Å². The number of hydrogen-bond donors (Lipinski definition) is 0. The molecule has 0 aliphatic heterocycles. The molecule has 0 saturated heterocycles. The summed E-state index contributed by atoms with van der Waals surface area (Å²) in [5, 5.41) is 0. The third-order valence-electron chi connectivity index (χ3n) is 0.916. The van der Waals surface area contributed by atoms with Crippen molar-refractivity contribution in [2.24, 2.45) is 0 Å². The number of ketones is 1. The minimum Gasteiger partial charge on any atom is -0.290 e. The van der Waals surface area contributed by atoms with Gasteiger partial charge in [0.05, 0.1) is 0 Å². The predicted molar refractivity (Wildman–Crippen MR) is 43.8 cm³/mol. The second-order valence-corrected chi connectivity index (χ2v) is 1.83. The van der Waals surface area contributed by atoms with Gasteiger partial charge in [0.25, 0.3) is 0 Å². The van der Waals surface area contributed by atoms with Crippen molar-refractivity contribution >= 4 is 5.78 Å². The molecule has 0 unspecified atom stereocenters. The predicted octanol–water partition coefficient (Wildman–Crippen LogP) is 2.26. The highest BCUT2D eigenvalue weighted by Gasteiger charge is 1.82. The van der Waals surface area contributed by atoms with Crippen LogP contribution in [0.25, 0.3) is 0 Å². The highest BCUT2D eigenvalue weighted by Crippen LogP contribution is 1.85. The van der Waals surface area contributed by atoms with Crippen LogP contribution in [-0.2, 0) is 4.79 Å². The van der Waals surface area contributed by atoms with Crippen LogP contribution in [0.15, 0.2) is 37.0 Å². The van der Waals surface area contributed by atoms with Crippen LogP contribution >= 0.6 is 0 Å². The Kier molecular flexibility index (Phi) is 5.35. The maximum Gasteiger partial charge on any atom is 0.178 e. The number of carbonyl (C=O) groups is 1. The van der Waals surface area contributed by atoms with E-state index >= 15 is 0 Å². The molecule has 0 radical (unpaired) electrons. The molecule has 0 aromatic rings. The Morgan fingerprint density at radius 2 is 2.20 bits per heavy atom. The summed E-state index contributed by atoms with van der Waals surface area (Å²) in [6.45, 7) is 5.34. The summed E-state index contributed by atoms with van der Waals surface area (Å²) in [5.41, 5.74) is 0. The van der Waals surface area contributed by atoms with Crippen LogP contribution in [-0.4, -0.2) is 5.78 Å². The first kappa shape index (κ1) is 8.89. The Balaban J connectivity index is 3.66. The van der Waals surface area contributed by atoms with Gasteiger partial charge in [0, 0.05) is 0 Å². The first-order valence-corrected chi connectivity index (χ1v) is 3.25. The molecule has 0 aromatic carbocycles. The topological polar surface area (TPSA) is 17.1 Å². The maximum absolute atomic E-state index is 10.7. The molecule has 0 saturated carbocycles. The minimum atomic E-state index is 0.0318. The SMILES string of the molecule is C=CC/C=C/C(=O)/C=C/C. The van der Waals surface area contributed by atoms with Crippen molar-refractivity contribution in [3.05, 3.63) is 37.0 Å². The zero-order valence-electron chi connectivity index (χ0n) is 6.21. The van der Waals surface area contributed by atoms with Gasteiger partial charge >= 0.3 is 0 Å². The van der Waals surface area contributed by atoms with Crippen LogP contribution < -0.4 is 0 Å². The average molecular weight is 136 g/mol. The molecule has 0 bridgehead atoms. The molecule has 54 valence electrons. The van der Waals surface area contributed by atoms with E-state index in [0.717, 1.165) is 6.42 Å². The molecule has 0 atom stereocenters. The summed E-state index contributed by atoms with van der Waals surface area (Å²) in [7, 11) is 0. The fourth-order valence-electron chi connectivity index (χ4n) is 0.500. The quantitative estimate of drug-likeness (QED) is 0.428. The normalized spacial score (nSPS) is 10.9. The van der Waals surface area contributed by atoms with Crippen molar-refractivity contribution in [1.82, 2.24) is 0 Å². The molecular weight excluding hydrogens is 124 g/mol. The first-order chi connectivity index (χ1) is 4.81. The van der Waals surface area contributed by atoms with Crippen molar-refractivity contribution in [2.45, 2.75) is 13.3 Å². The van der Waals surface area contributed by atoms with Gasteiger partial charge in [0.15, 0.2) is 5.78 Å². The van der Waals surface area contributed by atoms with Crippen molar-refractivity contribution in [3.8, 4) is 0 Å². The zero-order chi connectivity index (χ0) is 7.82. The molecule has 0 rings (SSSR count). The maximum atomic E-state index is 10.7. The Labute approximate surface area is 61.8 Å². The van der Waals surface area contributed by atoms with E-state index < -0.39 is 0 Å². The van der Waals surface area contributed by atoms with E-state index in [1.165, 1.54) is 6.08 Å². The monoisotopic (exact) mass is 136 g/mol. The molecule has 1 heteroatoms. The highest BCUT2D eigenvalue weighted by molar-refractivity contribution is 5.99. The summed E-state index contributed by atoms with van der Waals surface area (Å²) in [6.07, 6.45) is 9.08. The first-order valence-electron chi connectivity index (χ1n) is 3.25. The molecule has 0 N–H and O–H groups in total. The molecule has 10 heavy (non-hydrogen) atoms. The summed E-state index contributed by atoms with van der Waals surface area (Å²) in [4.78, 5) is 10.7. The molecule has 0 heterocycles. The third kappa shape index (κ3) is 5.04. The van der Waals surface area contributed by atoms with Gasteiger partial charge in [-0.25, -0.2) is 0 Å². The van der Waals surface area contributed by atoms with E-state index in [-0.39, 0.29) is 5.78 Å². The van der Waals surface area contributed by atoms with Crippen molar-refractivity contribution in [2.75, 3.05) is 0 Å². The molecular formula is C9H12O. The number of carbonyl (C=O) groups excluding carboxylic acids is 1. The molecule has 0 fully saturated rings. The average Bonchev–Trinajstić information content (AvgIpc) is 1.89. The molecule has 0 aromatic heterocycles. The fraction of sp³-hybridized carbons (Fsp3) is 0.222. The lowest BCUT2D eigenvalue weighted by Crippen LogP contribution is -1.82. The molecule has 0 aliphatic carbocycles. The van der Waals surface area contributed by atoms with Gasteiger partial charge in [0.2, 0.25) is 0 Å². The molecule has 0 spiro atoms. The lowest BCUT2D eigenvalue weighted by molar-refractivity contribution is -0.110. The van der Waals surface area contributed by atoms with Gasteiger partial charge in [-0.15, -0.1) is 6.58 Å². The highest BCUT2D eigenvalue weighted by atomic mass is 16.1. The number of allylic oxidation sites excluding steroid dienone is 5. The standard InChI is InChI=1S/C9H12O/c1-3-5-6-8-9(10)7-4-2/h3-4,6-8H,1,5H2,2H3/b7-4+,8-6+. The number of rotatable bonds is 4. The third-order valence-corrected chi connectivity index (χ3v) is 0.916. The second-order valence-electron chi connectivity index (χ2n) is 1.83. The van der Waals surface area contributed by atoms with E-state index in [1.54, 1.807) is 24.3 Å². The Morgan fingerprint density at radius 3 is 2.70 bits per heavy atom. The largest absolute Gasteiger partial charge is 0.290 e. The fourth-order valence-corrected chi connectivity index (χ4v) is 0.500. The zero-order valence-corrected chi connectivity index (χ0v) is 6.21. The van der Waals surface area contributed by atoms with Gasteiger partial charge in [-0.05, 0) is 25.5 Å².